The van der Waals surface area contributed by atoms with Gasteiger partial charge < -0.3 is 10.0 Å². The van der Waals surface area contributed by atoms with Crippen LogP contribution in [0, 0.1) is 11.7 Å². The number of amides is 1. The van der Waals surface area contributed by atoms with Crippen molar-refractivity contribution in [1.82, 2.24) is 4.90 Å². The van der Waals surface area contributed by atoms with Crippen molar-refractivity contribution in [2.45, 2.75) is 24.1 Å². The van der Waals surface area contributed by atoms with E-state index in [2.05, 4.69) is 12.6 Å². The van der Waals surface area contributed by atoms with Gasteiger partial charge in [-0.25, -0.2) is 9.18 Å². The van der Waals surface area contributed by atoms with E-state index < -0.39 is 12.0 Å². The first-order valence-electron chi connectivity index (χ1n) is 7.37. The molecular formula is C16H20FNO3S2. The van der Waals surface area contributed by atoms with Gasteiger partial charge in [0, 0.05) is 12.3 Å². The van der Waals surface area contributed by atoms with Gasteiger partial charge in [0.1, 0.15) is 11.9 Å². The molecule has 1 aliphatic rings. The number of carboxylic acids is 1. The zero-order chi connectivity index (χ0) is 17.0. The monoisotopic (exact) mass is 357 g/mol. The van der Waals surface area contributed by atoms with Crippen molar-refractivity contribution in [3.8, 4) is 0 Å². The van der Waals surface area contributed by atoms with Crippen LogP contribution in [0.4, 0.5) is 4.39 Å². The Bertz CT molecular complexity index is 563. The van der Waals surface area contributed by atoms with Gasteiger partial charge in [-0.2, -0.15) is 24.4 Å². The highest BCUT2D eigenvalue weighted by Crippen LogP contribution is 2.29. The van der Waals surface area contributed by atoms with Crippen LogP contribution in [0.2, 0.25) is 0 Å². The molecule has 0 aliphatic carbocycles. The SMILES string of the molecule is CSC(CS)C(=O)N1CC(Cc2ccc(F)cc2)C[C@H]1C(=O)O. The lowest BCUT2D eigenvalue weighted by atomic mass is 9.97. The quantitative estimate of drug-likeness (QED) is 0.768. The van der Waals surface area contributed by atoms with Crippen molar-refractivity contribution >= 4 is 36.3 Å². The lowest BCUT2D eigenvalue weighted by Crippen LogP contribution is -2.45. The molecule has 1 amide bonds. The zero-order valence-corrected chi connectivity index (χ0v) is 14.5. The van der Waals surface area contributed by atoms with Crippen molar-refractivity contribution < 1.29 is 19.1 Å². The van der Waals surface area contributed by atoms with Gasteiger partial charge >= 0.3 is 5.97 Å². The summed E-state index contributed by atoms with van der Waals surface area (Å²) in [7, 11) is 0. The largest absolute Gasteiger partial charge is 0.480 e. The van der Waals surface area contributed by atoms with Crippen molar-refractivity contribution in [2.75, 3.05) is 18.6 Å². The Hall–Kier alpha value is -1.21. The Morgan fingerprint density at radius 2 is 2.09 bits per heavy atom. The van der Waals surface area contributed by atoms with Crippen LogP contribution in [0.1, 0.15) is 12.0 Å². The van der Waals surface area contributed by atoms with Gasteiger partial charge in [0.15, 0.2) is 0 Å². The summed E-state index contributed by atoms with van der Waals surface area (Å²) in [5, 5.41) is 9.08. The van der Waals surface area contributed by atoms with Crippen LogP contribution in [-0.4, -0.2) is 51.7 Å². The highest BCUT2D eigenvalue weighted by molar-refractivity contribution is 8.00. The topological polar surface area (TPSA) is 57.6 Å². The highest BCUT2D eigenvalue weighted by Gasteiger charge is 2.41. The van der Waals surface area contributed by atoms with Gasteiger partial charge in [0.05, 0.1) is 5.25 Å². The molecule has 0 spiro atoms. The lowest BCUT2D eigenvalue weighted by Gasteiger charge is -2.25. The summed E-state index contributed by atoms with van der Waals surface area (Å²) in [5.41, 5.74) is 0.949. The number of rotatable bonds is 6. The average molecular weight is 357 g/mol. The summed E-state index contributed by atoms with van der Waals surface area (Å²) in [6.07, 6.45) is 2.88. The number of halogens is 1. The van der Waals surface area contributed by atoms with Gasteiger partial charge in [-0.3, -0.25) is 4.79 Å². The van der Waals surface area contributed by atoms with E-state index in [0.717, 1.165) is 5.56 Å². The van der Waals surface area contributed by atoms with E-state index in [1.807, 2.05) is 6.26 Å². The van der Waals surface area contributed by atoms with E-state index in [1.165, 1.54) is 28.8 Å². The molecule has 1 heterocycles. The molecule has 1 aliphatic heterocycles. The molecule has 1 aromatic rings. The number of hydrogen-bond donors (Lipinski definition) is 2. The third-order valence-electron chi connectivity index (χ3n) is 4.12. The molecule has 126 valence electrons. The van der Waals surface area contributed by atoms with E-state index in [0.29, 0.717) is 25.1 Å². The van der Waals surface area contributed by atoms with Crippen molar-refractivity contribution in [1.29, 1.82) is 0 Å². The maximum atomic E-state index is 13.0. The van der Waals surface area contributed by atoms with E-state index in [-0.39, 0.29) is 22.9 Å². The molecule has 3 atom stereocenters. The number of thiol groups is 1. The Labute approximate surface area is 144 Å². The van der Waals surface area contributed by atoms with Crippen molar-refractivity contribution in [3.05, 3.63) is 35.6 Å². The standard InChI is InChI=1S/C16H20FNO3S2/c1-23-14(9-22)15(19)18-8-11(7-13(18)16(20)21)6-10-2-4-12(17)5-3-10/h2-5,11,13-14,22H,6-9H2,1H3,(H,20,21)/t11?,13-,14?/m0/s1. The molecule has 0 saturated carbocycles. The van der Waals surface area contributed by atoms with Gasteiger partial charge in [-0.15, -0.1) is 0 Å². The summed E-state index contributed by atoms with van der Waals surface area (Å²) in [6.45, 7) is 0.415. The first-order valence-corrected chi connectivity index (χ1v) is 9.29. The molecule has 0 aromatic heterocycles. The Balaban J connectivity index is 2.09. The fraction of sp³-hybridized carbons (Fsp3) is 0.500. The van der Waals surface area contributed by atoms with Crippen LogP contribution in [0.25, 0.3) is 0 Å². The highest BCUT2D eigenvalue weighted by atomic mass is 32.2. The minimum atomic E-state index is -0.973. The Morgan fingerprint density at radius 3 is 2.61 bits per heavy atom. The molecule has 7 heteroatoms. The molecule has 4 nitrogen and oxygen atoms in total. The van der Waals surface area contributed by atoms with Gasteiger partial charge in [0.2, 0.25) is 5.91 Å². The Morgan fingerprint density at radius 1 is 1.43 bits per heavy atom. The summed E-state index contributed by atoms with van der Waals surface area (Å²) in [5.74, 6) is -0.990. The number of carboxylic acid groups (broad SMARTS) is 1. The molecule has 1 aromatic carbocycles. The number of carbonyl (C=O) groups is 2. The normalized spacial score (nSPS) is 22.1. The lowest BCUT2D eigenvalue weighted by molar-refractivity contribution is -0.147. The van der Waals surface area contributed by atoms with Gasteiger partial charge in [-0.05, 0) is 42.7 Å². The molecule has 1 N–H and O–H groups in total. The molecule has 1 saturated heterocycles. The minimum absolute atomic E-state index is 0.0629. The van der Waals surface area contributed by atoms with Crippen LogP contribution in [-0.2, 0) is 16.0 Å². The molecule has 0 bridgehead atoms. The smallest absolute Gasteiger partial charge is 0.326 e. The Kier molecular flexibility index (Phi) is 6.35. The maximum absolute atomic E-state index is 13.0. The van der Waals surface area contributed by atoms with E-state index in [9.17, 15) is 19.1 Å². The number of likely N-dealkylation sites (tertiary alicyclic amines) is 1. The first kappa shape index (κ1) is 18.1. The van der Waals surface area contributed by atoms with Crippen molar-refractivity contribution in [3.63, 3.8) is 0 Å². The van der Waals surface area contributed by atoms with E-state index in [1.54, 1.807) is 12.1 Å². The molecule has 1 fully saturated rings. The second kappa shape index (κ2) is 8.06. The third kappa shape index (κ3) is 4.41. The number of nitrogens with zero attached hydrogens (tertiary/aromatic N) is 1. The molecule has 2 rings (SSSR count). The van der Waals surface area contributed by atoms with Crippen LogP contribution in [0.3, 0.4) is 0 Å². The van der Waals surface area contributed by atoms with Crippen LogP contribution >= 0.6 is 24.4 Å². The van der Waals surface area contributed by atoms with Crippen LogP contribution in [0.5, 0.6) is 0 Å². The van der Waals surface area contributed by atoms with Crippen LogP contribution < -0.4 is 0 Å². The maximum Gasteiger partial charge on any atom is 0.326 e. The second-order valence-corrected chi connectivity index (χ2v) is 7.09. The number of benzene rings is 1. The van der Waals surface area contributed by atoms with E-state index in [4.69, 9.17) is 0 Å². The fourth-order valence-corrected chi connectivity index (χ4v) is 4.03. The zero-order valence-electron chi connectivity index (χ0n) is 12.8. The number of hydrogen-bond acceptors (Lipinski definition) is 4. The number of carbonyl (C=O) groups excluding carboxylic acids is 1. The number of aliphatic carboxylic acids is 1. The van der Waals surface area contributed by atoms with Gasteiger partial charge in [-0.1, -0.05) is 12.1 Å². The fourth-order valence-electron chi connectivity index (χ4n) is 2.94. The third-order valence-corrected chi connectivity index (χ3v) is 5.67. The van der Waals surface area contributed by atoms with Gasteiger partial charge in [0.25, 0.3) is 0 Å². The predicted molar refractivity (Wildman–Crippen MR) is 92.5 cm³/mol. The molecule has 23 heavy (non-hydrogen) atoms. The minimum Gasteiger partial charge on any atom is -0.480 e. The van der Waals surface area contributed by atoms with E-state index >= 15 is 0 Å². The summed E-state index contributed by atoms with van der Waals surface area (Å²) in [4.78, 5) is 25.5. The summed E-state index contributed by atoms with van der Waals surface area (Å²) >= 11 is 5.55. The predicted octanol–water partition coefficient (Wildman–Crippen LogP) is 2.33. The molecular weight excluding hydrogens is 337 g/mol. The van der Waals surface area contributed by atoms with Crippen molar-refractivity contribution in [2.24, 2.45) is 5.92 Å². The molecule has 2 unspecified atom stereocenters. The summed E-state index contributed by atoms with van der Waals surface area (Å²) in [6, 6.07) is 5.41. The number of thioether (sulfide) groups is 1. The van der Waals surface area contributed by atoms with Crippen LogP contribution in [0.15, 0.2) is 24.3 Å². The second-order valence-electron chi connectivity index (χ2n) is 5.68. The first-order chi connectivity index (χ1) is 11.0. The summed E-state index contributed by atoms with van der Waals surface area (Å²) < 4.78 is 13.0. The molecule has 0 radical (unpaired) electrons. The average Bonchev–Trinajstić information content (AvgIpc) is 2.95.